The Kier molecular flexibility index (Phi) is 39.5. The van der Waals surface area contributed by atoms with Gasteiger partial charge in [0.05, 0.1) is 0 Å². The van der Waals surface area contributed by atoms with Crippen molar-refractivity contribution in [2.75, 3.05) is 79.5 Å². The standard InChI is InChI=1S/C12H32N6.2C2H6/c1-13-3-5-15-7-9-17-11-12-18-10-8-16-6-4-14-2;2*1-2/h13-18H,3-12H2,1-2H3;2*1-2H3. The molecule has 0 spiro atoms. The van der Waals surface area contributed by atoms with E-state index in [0.29, 0.717) is 0 Å². The third kappa shape index (κ3) is 31.9. The molecule has 0 amide bonds. The van der Waals surface area contributed by atoms with Crippen molar-refractivity contribution in [3.8, 4) is 0 Å². The zero-order valence-electron chi connectivity index (χ0n) is 16.1. The lowest BCUT2D eigenvalue weighted by molar-refractivity contribution is 0.560. The van der Waals surface area contributed by atoms with Gasteiger partial charge in [0.2, 0.25) is 0 Å². The van der Waals surface area contributed by atoms with Crippen LogP contribution in [0.15, 0.2) is 0 Å². The van der Waals surface area contributed by atoms with Gasteiger partial charge in [0.1, 0.15) is 0 Å². The quantitative estimate of drug-likeness (QED) is 0.236. The average molecular weight is 321 g/mol. The molecule has 0 rings (SSSR count). The number of nitrogens with one attached hydrogen (secondary N) is 6. The molecule has 0 aromatic carbocycles. The highest BCUT2D eigenvalue weighted by molar-refractivity contribution is 4.57. The van der Waals surface area contributed by atoms with Crippen molar-refractivity contribution in [1.82, 2.24) is 31.9 Å². The minimum Gasteiger partial charge on any atom is -0.318 e. The molecule has 0 atom stereocenters. The summed E-state index contributed by atoms with van der Waals surface area (Å²) in [7, 11) is 3.94. The van der Waals surface area contributed by atoms with Crippen molar-refractivity contribution in [2.45, 2.75) is 27.7 Å². The molecular weight excluding hydrogens is 276 g/mol. The number of rotatable bonds is 15. The summed E-state index contributed by atoms with van der Waals surface area (Å²) in [5.74, 6) is 0. The van der Waals surface area contributed by atoms with Crippen molar-refractivity contribution >= 4 is 0 Å². The van der Waals surface area contributed by atoms with E-state index in [1.807, 2.05) is 41.8 Å². The van der Waals surface area contributed by atoms with Crippen molar-refractivity contribution < 1.29 is 0 Å². The molecule has 6 N–H and O–H groups in total. The van der Waals surface area contributed by atoms with E-state index in [4.69, 9.17) is 0 Å². The molecule has 0 saturated heterocycles. The predicted molar refractivity (Wildman–Crippen MR) is 102 cm³/mol. The van der Waals surface area contributed by atoms with Crippen LogP contribution in [-0.4, -0.2) is 79.5 Å². The van der Waals surface area contributed by atoms with Crippen LogP contribution in [-0.2, 0) is 0 Å². The third-order valence-corrected chi connectivity index (χ3v) is 2.54. The molecule has 0 unspecified atom stereocenters. The number of hydrogen-bond donors (Lipinski definition) is 6. The van der Waals surface area contributed by atoms with Gasteiger partial charge in [-0.15, -0.1) is 0 Å². The van der Waals surface area contributed by atoms with Crippen LogP contribution in [0.2, 0.25) is 0 Å². The van der Waals surface area contributed by atoms with Crippen molar-refractivity contribution in [3.63, 3.8) is 0 Å². The molecule has 22 heavy (non-hydrogen) atoms. The van der Waals surface area contributed by atoms with E-state index in [1.165, 1.54) is 0 Å². The predicted octanol–water partition coefficient (Wildman–Crippen LogP) is -0.164. The van der Waals surface area contributed by atoms with Crippen LogP contribution in [0.25, 0.3) is 0 Å². The van der Waals surface area contributed by atoms with Crippen LogP contribution in [0.4, 0.5) is 0 Å². The van der Waals surface area contributed by atoms with Gasteiger partial charge in [0, 0.05) is 65.4 Å². The minimum atomic E-state index is 1.03. The highest BCUT2D eigenvalue weighted by Crippen LogP contribution is 1.63. The molecule has 0 heterocycles. The Morgan fingerprint density at radius 1 is 0.364 bits per heavy atom. The highest BCUT2D eigenvalue weighted by atomic mass is 15.0. The Morgan fingerprint density at radius 2 is 0.545 bits per heavy atom. The molecule has 0 aliphatic heterocycles. The molecular formula is C16H44N6. The summed E-state index contributed by atoms with van der Waals surface area (Å²) < 4.78 is 0. The maximum absolute atomic E-state index is 3.40. The maximum atomic E-state index is 3.40. The summed E-state index contributed by atoms with van der Waals surface area (Å²) in [5, 5.41) is 19.7. The van der Waals surface area contributed by atoms with Gasteiger partial charge in [0.25, 0.3) is 0 Å². The van der Waals surface area contributed by atoms with Crippen LogP contribution in [0.1, 0.15) is 27.7 Å². The van der Waals surface area contributed by atoms with Crippen LogP contribution in [0.3, 0.4) is 0 Å². The lowest BCUT2D eigenvalue weighted by Crippen LogP contribution is -2.36. The zero-order valence-corrected chi connectivity index (χ0v) is 16.1. The Hall–Kier alpha value is -0.240. The second kappa shape index (κ2) is 32.6. The molecule has 0 saturated carbocycles. The van der Waals surface area contributed by atoms with Gasteiger partial charge in [-0.25, -0.2) is 0 Å². The van der Waals surface area contributed by atoms with Gasteiger partial charge in [-0.2, -0.15) is 0 Å². The number of hydrogen-bond acceptors (Lipinski definition) is 6. The first-order valence-electron chi connectivity index (χ1n) is 9.04. The van der Waals surface area contributed by atoms with Gasteiger partial charge < -0.3 is 31.9 Å². The molecule has 0 aliphatic carbocycles. The first-order chi connectivity index (χ1) is 10.9. The third-order valence-electron chi connectivity index (χ3n) is 2.54. The van der Waals surface area contributed by atoms with Crippen molar-refractivity contribution in [1.29, 1.82) is 0 Å². The van der Waals surface area contributed by atoms with Crippen LogP contribution in [0.5, 0.6) is 0 Å². The van der Waals surface area contributed by atoms with Gasteiger partial charge in [-0.1, -0.05) is 27.7 Å². The second-order valence-corrected chi connectivity index (χ2v) is 4.21. The Morgan fingerprint density at radius 3 is 0.727 bits per heavy atom. The molecule has 138 valence electrons. The van der Waals surface area contributed by atoms with Crippen molar-refractivity contribution in [3.05, 3.63) is 0 Å². The van der Waals surface area contributed by atoms with E-state index in [2.05, 4.69) is 31.9 Å². The fraction of sp³-hybridized carbons (Fsp3) is 1.00. The van der Waals surface area contributed by atoms with Gasteiger partial charge in [0.15, 0.2) is 0 Å². The van der Waals surface area contributed by atoms with E-state index in [0.717, 1.165) is 65.4 Å². The lowest BCUT2D eigenvalue weighted by atomic mass is 10.5. The Labute approximate surface area is 140 Å². The maximum Gasteiger partial charge on any atom is 0.00772 e. The SMILES string of the molecule is CC.CC.CNCCNCCNCCNCCNCCNC. The molecule has 6 nitrogen and oxygen atoms in total. The lowest BCUT2D eigenvalue weighted by Gasteiger charge is -2.08. The summed E-state index contributed by atoms with van der Waals surface area (Å²) in [6.07, 6.45) is 0. The highest BCUT2D eigenvalue weighted by Gasteiger charge is 1.89. The minimum absolute atomic E-state index is 1.03. The summed E-state index contributed by atoms with van der Waals surface area (Å²) in [6, 6.07) is 0. The molecule has 0 aromatic rings. The van der Waals surface area contributed by atoms with E-state index in [9.17, 15) is 0 Å². The Bertz CT molecular complexity index is 131. The van der Waals surface area contributed by atoms with Crippen molar-refractivity contribution in [2.24, 2.45) is 0 Å². The van der Waals surface area contributed by atoms with E-state index in [1.54, 1.807) is 0 Å². The fourth-order valence-electron chi connectivity index (χ4n) is 1.46. The van der Waals surface area contributed by atoms with Gasteiger partial charge >= 0.3 is 0 Å². The molecule has 0 fully saturated rings. The monoisotopic (exact) mass is 320 g/mol. The summed E-state index contributed by atoms with van der Waals surface area (Å²) >= 11 is 0. The molecule has 0 aliphatic rings. The smallest absolute Gasteiger partial charge is 0.00772 e. The first kappa shape index (κ1) is 26.6. The van der Waals surface area contributed by atoms with E-state index in [-0.39, 0.29) is 0 Å². The largest absolute Gasteiger partial charge is 0.318 e. The number of likely N-dealkylation sites (N-methyl/N-ethyl adjacent to an activating group) is 2. The normalized spacial score (nSPS) is 9.55. The first-order valence-corrected chi connectivity index (χ1v) is 9.04. The fourth-order valence-corrected chi connectivity index (χ4v) is 1.46. The van der Waals surface area contributed by atoms with Crippen LogP contribution in [0, 0.1) is 0 Å². The molecule has 6 heteroatoms. The second-order valence-electron chi connectivity index (χ2n) is 4.21. The summed E-state index contributed by atoms with van der Waals surface area (Å²) in [5.41, 5.74) is 0. The molecule has 0 aromatic heterocycles. The van der Waals surface area contributed by atoms with Crippen LogP contribution >= 0.6 is 0 Å². The summed E-state index contributed by atoms with van der Waals surface area (Å²) in [4.78, 5) is 0. The Balaban J connectivity index is -0.000000826. The zero-order chi connectivity index (χ0) is 17.3. The van der Waals surface area contributed by atoms with Gasteiger partial charge in [-0.3, -0.25) is 0 Å². The molecule has 0 radical (unpaired) electrons. The topological polar surface area (TPSA) is 72.2 Å². The van der Waals surface area contributed by atoms with Gasteiger partial charge in [-0.05, 0) is 14.1 Å². The summed E-state index contributed by atoms with van der Waals surface area (Å²) in [6.45, 7) is 18.3. The van der Waals surface area contributed by atoms with E-state index >= 15 is 0 Å². The average Bonchev–Trinajstić information content (AvgIpc) is 2.59. The van der Waals surface area contributed by atoms with Crippen LogP contribution < -0.4 is 31.9 Å². The van der Waals surface area contributed by atoms with E-state index < -0.39 is 0 Å². The molecule has 0 bridgehead atoms.